The van der Waals surface area contributed by atoms with E-state index in [1.165, 1.54) is 5.56 Å². The van der Waals surface area contributed by atoms with Crippen LogP contribution in [-0.2, 0) is 16.0 Å². The maximum atomic E-state index is 13.0. The van der Waals surface area contributed by atoms with E-state index in [1.807, 2.05) is 59.5 Å². The van der Waals surface area contributed by atoms with Crippen LogP contribution < -0.4 is 5.32 Å². The molecule has 5 rings (SSSR count). The lowest BCUT2D eigenvalue weighted by atomic mass is 9.86. The fraction of sp³-hybridized carbons (Fsp3) is 0.367. The Kier molecular flexibility index (Phi) is 8.54. The normalized spacial score (nSPS) is 22.2. The van der Waals surface area contributed by atoms with E-state index >= 15 is 0 Å². The molecule has 37 heavy (non-hydrogen) atoms. The highest BCUT2D eigenvalue weighted by Crippen LogP contribution is 2.31. The lowest BCUT2D eigenvalue weighted by Gasteiger charge is -2.40. The number of halogens is 1. The first-order chi connectivity index (χ1) is 18.1. The molecule has 2 amide bonds. The third kappa shape index (κ3) is 6.40. The summed E-state index contributed by atoms with van der Waals surface area (Å²) in [6.07, 6.45) is 10.5. The maximum absolute atomic E-state index is 13.0. The number of hydrogen-bond donors (Lipinski definition) is 1. The van der Waals surface area contributed by atoms with Crippen LogP contribution in [0.25, 0.3) is 0 Å². The van der Waals surface area contributed by atoms with Crippen LogP contribution in [0.15, 0.2) is 77.3 Å². The van der Waals surface area contributed by atoms with Crippen molar-refractivity contribution in [2.24, 2.45) is 0 Å². The van der Waals surface area contributed by atoms with Crippen molar-refractivity contribution in [1.82, 2.24) is 15.1 Å². The SMILES string of the molecule is O=C(NCCc1ccc(Br)cc1)c1ccccc1C1CCN(CCN2C(=O)[C]OC3C=CC=CC32)CC1. The molecule has 192 valence electrons. The minimum Gasteiger partial charge on any atom is -0.352 e. The van der Waals surface area contributed by atoms with Crippen LogP contribution in [0.4, 0.5) is 0 Å². The van der Waals surface area contributed by atoms with Gasteiger partial charge in [-0.15, -0.1) is 0 Å². The van der Waals surface area contributed by atoms with Gasteiger partial charge in [0.2, 0.25) is 6.61 Å². The Morgan fingerprint density at radius 3 is 2.59 bits per heavy atom. The van der Waals surface area contributed by atoms with Gasteiger partial charge in [0.15, 0.2) is 0 Å². The molecule has 1 aliphatic carbocycles. The van der Waals surface area contributed by atoms with E-state index in [9.17, 15) is 9.59 Å². The molecule has 2 radical (unpaired) electrons. The molecule has 6 nitrogen and oxygen atoms in total. The number of nitrogens with zero attached hydrogens (tertiary/aromatic N) is 2. The number of benzene rings is 2. The fourth-order valence-electron chi connectivity index (χ4n) is 5.37. The number of allylic oxidation sites excluding steroid dienone is 2. The molecular weight excluding hydrogens is 530 g/mol. The molecule has 2 unspecified atom stereocenters. The smallest absolute Gasteiger partial charge is 0.263 e. The number of rotatable bonds is 8. The molecule has 7 heteroatoms. The molecule has 3 aliphatic rings. The topological polar surface area (TPSA) is 61.9 Å². The summed E-state index contributed by atoms with van der Waals surface area (Å²) in [5.41, 5.74) is 3.12. The lowest BCUT2D eigenvalue weighted by Crippen LogP contribution is -2.54. The van der Waals surface area contributed by atoms with Crippen LogP contribution in [0.3, 0.4) is 0 Å². The Morgan fingerprint density at radius 1 is 1.03 bits per heavy atom. The molecule has 2 fully saturated rings. The van der Waals surface area contributed by atoms with Crippen LogP contribution in [0, 0.1) is 6.61 Å². The van der Waals surface area contributed by atoms with E-state index in [0.717, 1.165) is 54.5 Å². The standard InChI is InChI=1S/C30H32BrN3O3/c31-24-11-9-22(10-12-24)13-16-32-30(36)26-6-2-1-5-25(26)23-14-17-33(18-15-23)19-20-34-27-7-3-4-8-28(27)37-21-29(34)35/h1-12,23,27-28H,13-20H2,(H,32,36). The largest absolute Gasteiger partial charge is 0.352 e. The third-order valence-corrected chi connectivity index (χ3v) is 7.99. The number of likely N-dealkylation sites (tertiary alicyclic amines) is 1. The number of hydrogen-bond acceptors (Lipinski definition) is 4. The van der Waals surface area contributed by atoms with Crippen LogP contribution in [0.2, 0.25) is 0 Å². The first-order valence-electron chi connectivity index (χ1n) is 13.0. The summed E-state index contributed by atoms with van der Waals surface area (Å²) in [6.45, 7) is 6.50. The van der Waals surface area contributed by atoms with Gasteiger partial charge in [-0.2, -0.15) is 0 Å². The van der Waals surface area contributed by atoms with Crippen molar-refractivity contribution >= 4 is 27.7 Å². The zero-order chi connectivity index (χ0) is 25.6. The number of carbonyl (C=O) groups excluding carboxylic acids is 2. The summed E-state index contributed by atoms with van der Waals surface area (Å²) >= 11 is 3.46. The van der Waals surface area contributed by atoms with Crippen molar-refractivity contribution in [1.29, 1.82) is 0 Å². The summed E-state index contributed by atoms with van der Waals surface area (Å²) in [5.74, 6) is 0.168. The van der Waals surface area contributed by atoms with Crippen LogP contribution in [-0.4, -0.2) is 66.5 Å². The zero-order valence-corrected chi connectivity index (χ0v) is 22.4. The number of piperidine rings is 1. The van der Waals surface area contributed by atoms with Gasteiger partial charge in [-0.05, 0) is 67.6 Å². The molecule has 2 atom stereocenters. The van der Waals surface area contributed by atoms with Gasteiger partial charge in [0, 0.05) is 29.7 Å². The highest BCUT2D eigenvalue weighted by Gasteiger charge is 2.36. The van der Waals surface area contributed by atoms with E-state index in [0.29, 0.717) is 19.0 Å². The Hall–Kier alpha value is -2.74. The zero-order valence-electron chi connectivity index (χ0n) is 20.8. The second kappa shape index (κ2) is 12.2. The minimum atomic E-state index is -0.184. The molecule has 1 N–H and O–H groups in total. The molecule has 0 bridgehead atoms. The number of fused-ring (bicyclic) bond motifs is 1. The highest BCUT2D eigenvalue weighted by molar-refractivity contribution is 9.10. The van der Waals surface area contributed by atoms with E-state index < -0.39 is 0 Å². The second-order valence-corrected chi connectivity index (χ2v) is 10.7. The Bertz CT molecular complexity index is 1150. The van der Waals surface area contributed by atoms with Crippen molar-refractivity contribution in [3.8, 4) is 0 Å². The Labute approximate surface area is 227 Å². The Morgan fingerprint density at radius 2 is 1.78 bits per heavy atom. The molecular formula is C30H32BrN3O3. The van der Waals surface area contributed by atoms with Crippen molar-refractivity contribution in [3.63, 3.8) is 0 Å². The predicted octanol–water partition coefficient (Wildman–Crippen LogP) is 4.36. The average Bonchev–Trinajstić information content (AvgIpc) is 2.94. The van der Waals surface area contributed by atoms with Gasteiger partial charge >= 0.3 is 0 Å². The number of ether oxygens (including phenoxy) is 1. The van der Waals surface area contributed by atoms with E-state index in [1.54, 1.807) is 0 Å². The number of amides is 2. The van der Waals surface area contributed by atoms with E-state index in [2.05, 4.69) is 51.0 Å². The summed E-state index contributed by atoms with van der Waals surface area (Å²) in [4.78, 5) is 29.7. The summed E-state index contributed by atoms with van der Waals surface area (Å²) in [7, 11) is 0. The third-order valence-electron chi connectivity index (χ3n) is 7.46. The Balaban J connectivity index is 1.12. The first kappa shape index (κ1) is 25.9. The average molecular weight is 563 g/mol. The summed E-state index contributed by atoms with van der Waals surface area (Å²) in [6, 6.07) is 16.1. The van der Waals surface area contributed by atoms with Crippen molar-refractivity contribution < 1.29 is 14.3 Å². The molecule has 2 saturated heterocycles. The highest BCUT2D eigenvalue weighted by atomic mass is 79.9. The molecule has 0 aromatic heterocycles. The number of morpholine rings is 1. The quantitative estimate of drug-likeness (QED) is 0.520. The predicted molar refractivity (Wildman–Crippen MR) is 147 cm³/mol. The molecule has 2 aliphatic heterocycles. The molecule has 2 aromatic rings. The molecule has 2 heterocycles. The van der Waals surface area contributed by atoms with Crippen LogP contribution in [0.5, 0.6) is 0 Å². The van der Waals surface area contributed by atoms with Crippen molar-refractivity contribution in [3.05, 3.63) is 101 Å². The lowest BCUT2D eigenvalue weighted by molar-refractivity contribution is -0.143. The van der Waals surface area contributed by atoms with Crippen molar-refractivity contribution in [2.75, 3.05) is 32.7 Å². The fourth-order valence-corrected chi connectivity index (χ4v) is 5.64. The van der Waals surface area contributed by atoms with Gasteiger partial charge in [0.1, 0.15) is 6.10 Å². The molecule has 0 saturated carbocycles. The van der Waals surface area contributed by atoms with Gasteiger partial charge in [0.25, 0.3) is 11.8 Å². The van der Waals surface area contributed by atoms with Crippen molar-refractivity contribution in [2.45, 2.75) is 37.3 Å². The maximum Gasteiger partial charge on any atom is 0.263 e. The first-order valence-corrected chi connectivity index (χ1v) is 13.8. The van der Waals surface area contributed by atoms with Gasteiger partial charge in [-0.3, -0.25) is 9.59 Å². The van der Waals surface area contributed by atoms with Crippen LogP contribution >= 0.6 is 15.9 Å². The summed E-state index contributed by atoms with van der Waals surface area (Å²) in [5, 5.41) is 3.11. The monoisotopic (exact) mass is 561 g/mol. The van der Waals surface area contributed by atoms with E-state index in [4.69, 9.17) is 4.74 Å². The van der Waals surface area contributed by atoms with Gasteiger partial charge < -0.3 is 19.9 Å². The molecule has 2 aromatic carbocycles. The summed E-state index contributed by atoms with van der Waals surface area (Å²) < 4.78 is 6.49. The van der Waals surface area contributed by atoms with E-state index in [-0.39, 0.29) is 24.0 Å². The minimum absolute atomic E-state index is 0.00221. The van der Waals surface area contributed by atoms with Gasteiger partial charge in [-0.1, -0.05) is 70.6 Å². The molecule has 0 spiro atoms. The number of carbonyl (C=O) groups is 2. The van der Waals surface area contributed by atoms with Crippen LogP contribution in [0.1, 0.15) is 40.2 Å². The second-order valence-electron chi connectivity index (χ2n) is 9.78. The van der Waals surface area contributed by atoms with Gasteiger partial charge in [-0.25, -0.2) is 0 Å². The van der Waals surface area contributed by atoms with Gasteiger partial charge in [0.05, 0.1) is 6.04 Å². The number of nitrogens with one attached hydrogen (secondary N) is 1.